The number of benzene rings is 1. The number of morpholine rings is 1. The second-order valence-corrected chi connectivity index (χ2v) is 6.72. The first-order valence-electron chi connectivity index (χ1n) is 6.70. The fourth-order valence-electron chi connectivity index (χ4n) is 1.99. The Bertz CT molecular complexity index is 597. The zero-order valence-electron chi connectivity index (χ0n) is 11.4. The van der Waals surface area contributed by atoms with E-state index in [4.69, 9.17) is 4.74 Å². The average molecular weight is 321 g/mol. The van der Waals surface area contributed by atoms with Crippen molar-refractivity contribution < 1.29 is 9.53 Å². The molecule has 5 nitrogen and oxygen atoms in total. The van der Waals surface area contributed by atoms with Gasteiger partial charge in [-0.25, -0.2) is 0 Å². The minimum Gasteiger partial charge on any atom is -0.378 e. The highest BCUT2D eigenvalue weighted by Gasteiger charge is 2.17. The maximum Gasteiger partial charge on any atom is 0.233 e. The van der Waals surface area contributed by atoms with E-state index in [1.54, 1.807) is 0 Å². The molecule has 0 spiro atoms. The van der Waals surface area contributed by atoms with Crippen LogP contribution >= 0.6 is 23.1 Å². The van der Waals surface area contributed by atoms with Crippen molar-refractivity contribution in [2.75, 3.05) is 32.1 Å². The van der Waals surface area contributed by atoms with Crippen molar-refractivity contribution in [3.8, 4) is 10.6 Å². The van der Waals surface area contributed by atoms with Gasteiger partial charge >= 0.3 is 0 Å². The maximum atomic E-state index is 12.1. The van der Waals surface area contributed by atoms with E-state index in [0.29, 0.717) is 32.1 Å². The molecule has 0 N–H and O–H groups in total. The number of rotatable bonds is 4. The molecule has 2 heterocycles. The lowest BCUT2D eigenvalue weighted by Gasteiger charge is -2.26. The highest BCUT2D eigenvalue weighted by atomic mass is 32.2. The van der Waals surface area contributed by atoms with E-state index in [9.17, 15) is 4.79 Å². The van der Waals surface area contributed by atoms with E-state index >= 15 is 0 Å². The Labute approximate surface area is 131 Å². The quantitative estimate of drug-likeness (QED) is 0.808. The molecule has 7 heteroatoms. The Balaban J connectivity index is 1.56. The second kappa shape index (κ2) is 7.02. The number of carbonyl (C=O) groups excluding carboxylic acids is 1. The summed E-state index contributed by atoms with van der Waals surface area (Å²) in [5.74, 6) is 0.545. The van der Waals surface area contributed by atoms with Gasteiger partial charge in [-0.2, -0.15) is 0 Å². The zero-order chi connectivity index (χ0) is 14.5. The first kappa shape index (κ1) is 14.5. The Morgan fingerprint density at radius 2 is 2.00 bits per heavy atom. The summed E-state index contributed by atoms with van der Waals surface area (Å²) in [5.41, 5.74) is 1.06. The Hall–Kier alpha value is -1.44. The number of nitrogens with zero attached hydrogens (tertiary/aromatic N) is 3. The molecule has 1 amide bonds. The Morgan fingerprint density at radius 1 is 1.24 bits per heavy atom. The van der Waals surface area contributed by atoms with Gasteiger partial charge < -0.3 is 9.64 Å². The summed E-state index contributed by atoms with van der Waals surface area (Å²) in [7, 11) is 0. The SMILES string of the molecule is O=C(CSc1nnc(-c2ccccc2)s1)N1CCOCC1. The lowest BCUT2D eigenvalue weighted by atomic mass is 10.2. The molecule has 21 heavy (non-hydrogen) atoms. The molecule has 0 saturated carbocycles. The molecule has 0 aliphatic carbocycles. The topological polar surface area (TPSA) is 55.3 Å². The van der Waals surface area contributed by atoms with Crippen molar-refractivity contribution in [2.24, 2.45) is 0 Å². The van der Waals surface area contributed by atoms with Crippen LogP contribution in [0.2, 0.25) is 0 Å². The highest BCUT2D eigenvalue weighted by Crippen LogP contribution is 2.29. The van der Waals surface area contributed by atoms with Crippen LogP contribution in [-0.2, 0) is 9.53 Å². The van der Waals surface area contributed by atoms with Crippen molar-refractivity contribution in [1.29, 1.82) is 0 Å². The van der Waals surface area contributed by atoms with E-state index in [-0.39, 0.29) is 5.91 Å². The second-order valence-electron chi connectivity index (χ2n) is 4.52. The molecule has 1 aromatic carbocycles. The van der Waals surface area contributed by atoms with Crippen molar-refractivity contribution in [1.82, 2.24) is 15.1 Å². The molecule has 0 unspecified atom stereocenters. The standard InChI is InChI=1S/C14H15N3O2S2/c18-12(17-6-8-19-9-7-17)10-20-14-16-15-13(21-14)11-4-2-1-3-5-11/h1-5H,6-10H2. The number of ether oxygens (including phenoxy) is 1. The van der Waals surface area contributed by atoms with Gasteiger partial charge in [0.15, 0.2) is 4.34 Å². The summed E-state index contributed by atoms with van der Waals surface area (Å²) in [6, 6.07) is 9.94. The monoisotopic (exact) mass is 321 g/mol. The third-order valence-electron chi connectivity index (χ3n) is 3.11. The number of hydrogen-bond donors (Lipinski definition) is 0. The van der Waals surface area contributed by atoms with Crippen LogP contribution < -0.4 is 0 Å². The minimum atomic E-state index is 0.139. The normalized spacial score (nSPS) is 15.1. The predicted molar refractivity (Wildman–Crippen MR) is 83.5 cm³/mol. The summed E-state index contributed by atoms with van der Waals surface area (Å²) in [6.07, 6.45) is 0. The molecule has 110 valence electrons. The summed E-state index contributed by atoms with van der Waals surface area (Å²) in [5, 5.41) is 9.21. The molecule has 0 atom stereocenters. The number of carbonyl (C=O) groups is 1. The third-order valence-corrected chi connectivity index (χ3v) is 5.20. The van der Waals surface area contributed by atoms with Gasteiger partial charge in [0.25, 0.3) is 0 Å². The van der Waals surface area contributed by atoms with Crippen LogP contribution in [0.3, 0.4) is 0 Å². The van der Waals surface area contributed by atoms with E-state index in [2.05, 4.69) is 10.2 Å². The first-order chi connectivity index (χ1) is 10.3. The lowest BCUT2D eigenvalue weighted by molar-refractivity contribution is -0.132. The fourth-order valence-corrected chi connectivity index (χ4v) is 3.75. The Morgan fingerprint density at radius 3 is 2.76 bits per heavy atom. The molecular formula is C14H15N3O2S2. The molecule has 3 rings (SSSR count). The van der Waals surface area contributed by atoms with Crippen LogP contribution in [0.5, 0.6) is 0 Å². The van der Waals surface area contributed by atoms with E-state index in [1.165, 1.54) is 23.1 Å². The van der Waals surface area contributed by atoms with Gasteiger partial charge in [-0.3, -0.25) is 4.79 Å². The van der Waals surface area contributed by atoms with Gasteiger partial charge in [0.05, 0.1) is 19.0 Å². The van der Waals surface area contributed by atoms with Crippen LogP contribution in [-0.4, -0.2) is 53.1 Å². The van der Waals surface area contributed by atoms with Crippen LogP contribution in [0.25, 0.3) is 10.6 Å². The molecule has 1 aliphatic heterocycles. The van der Waals surface area contributed by atoms with Gasteiger partial charge in [0.2, 0.25) is 5.91 Å². The largest absolute Gasteiger partial charge is 0.378 e. The summed E-state index contributed by atoms with van der Waals surface area (Å²) in [6.45, 7) is 2.64. The molecule has 0 bridgehead atoms. The third kappa shape index (κ3) is 3.81. The molecule has 0 radical (unpaired) electrons. The van der Waals surface area contributed by atoms with Crippen molar-refractivity contribution in [3.63, 3.8) is 0 Å². The Kier molecular flexibility index (Phi) is 4.84. The van der Waals surface area contributed by atoms with Crippen LogP contribution in [0.15, 0.2) is 34.7 Å². The first-order valence-corrected chi connectivity index (χ1v) is 8.50. The van der Waals surface area contributed by atoms with Crippen molar-refractivity contribution >= 4 is 29.0 Å². The number of aromatic nitrogens is 2. The fraction of sp³-hybridized carbons (Fsp3) is 0.357. The lowest BCUT2D eigenvalue weighted by Crippen LogP contribution is -2.41. The molecule has 2 aromatic rings. The van der Waals surface area contributed by atoms with Gasteiger partial charge in [-0.05, 0) is 0 Å². The minimum absolute atomic E-state index is 0.139. The van der Waals surface area contributed by atoms with Gasteiger partial charge in [-0.15, -0.1) is 10.2 Å². The molecular weight excluding hydrogens is 306 g/mol. The van der Waals surface area contributed by atoms with Crippen molar-refractivity contribution in [2.45, 2.75) is 4.34 Å². The van der Waals surface area contributed by atoms with Crippen LogP contribution in [0.4, 0.5) is 0 Å². The smallest absolute Gasteiger partial charge is 0.233 e. The number of thioether (sulfide) groups is 1. The van der Waals surface area contributed by atoms with Gasteiger partial charge in [0, 0.05) is 18.7 Å². The summed E-state index contributed by atoms with van der Waals surface area (Å²) < 4.78 is 6.07. The van der Waals surface area contributed by atoms with Crippen LogP contribution in [0.1, 0.15) is 0 Å². The molecule has 1 aliphatic rings. The zero-order valence-corrected chi connectivity index (χ0v) is 13.0. The predicted octanol–water partition coefficient (Wildman–Crippen LogP) is 2.16. The average Bonchev–Trinajstić information content (AvgIpc) is 3.03. The summed E-state index contributed by atoms with van der Waals surface area (Å²) >= 11 is 2.97. The van der Waals surface area contributed by atoms with Crippen LogP contribution in [0, 0.1) is 0 Å². The van der Waals surface area contributed by atoms with Gasteiger partial charge in [-0.1, -0.05) is 53.4 Å². The summed E-state index contributed by atoms with van der Waals surface area (Å²) in [4.78, 5) is 13.9. The molecule has 1 fully saturated rings. The van der Waals surface area contributed by atoms with E-state index in [1.807, 2.05) is 35.2 Å². The highest BCUT2D eigenvalue weighted by molar-refractivity contribution is 8.01. The van der Waals surface area contributed by atoms with Gasteiger partial charge in [0.1, 0.15) is 5.01 Å². The van der Waals surface area contributed by atoms with Crippen molar-refractivity contribution in [3.05, 3.63) is 30.3 Å². The molecule has 1 aromatic heterocycles. The van der Waals surface area contributed by atoms with E-state index < -0.39 is 0 Å². The number of amides is 1. The molecule has 1 saturated heterocycles. The maximum absolute atomic E-state index is 12.1. The number of hydrogen-bond acceptors (Lipinski definition) is 6. The van der Waals surface area contributed by atoms with E-state index in [0.717, 1.165) is 14.9 Å².